The Kier molecular flexibility index (Phi) is 5.74. The van der Waals surface area contributed by atoms with Crippen molar-refractivity contribution in [3.8, 4) is 11.8 Å². The fourth-order valence-corrected chi connectivity index (χ4v) is 0.530. The topological polar surface area (TPSA) is 0 Å². The van der Waals surface area contributed by atoms with Gasteiger partial charge in [0, 0.05) is 5.57 Å². The molecular weight excluding hydrogens is 132 g/mol. The van der Waals surface area contributed by atoms with Crippen LogP contribution in [0.5, 0.6) is 0 Å². The molecule has 0 spiro atoms. The minimum atomic E-state index is 0.827. The highest BCUT2D eigenvalue weighted by molar-refractivity contribution is 5.39. The molecule has 0 bridgehead atoms. The van der Waals surface area contributed by atoms with E-state index in [0.29, 0.717) is 0 Å². The van der Waals surface area contributed by atoms with Crippen molar-refractivity contribution in [2.75, 3.05) is 0 Å². The summed E-state index contributed by atoms with van der Waals surface area (Å²) >= 11 is 0. The third-order valence-corrected chi connectivity index (χ3v) is 1.04. The summed E-state index contributed by atoms with van der Waals surface area (Å²) in [6.45, 7) is 10.7. The van der Waals surface area contributed by atoms with Gasteiger partial charge in [-0.25, -0.2) is 0 Å². The van der Waals surface area contributed by atoms with Crippen LogP contribution in [0.3, 0.4) is 0 Å². The quantitative estimate of drug-likeness (QED) is 0.324. The van der Waals surface area contributed by atoms with Gasteiger partial charge in [0.2, 0.25) is 0 Å². The Labute approximate surface area is 68.6 Å². The van der Waals surface area contributed by atoms with E-state index in [1.165, 1.54) is 0 Å². The Morgan fingerprint density at radius 1 is 1.27 bits per heavy atom. The molecule has 0 N–H and O–H groups in total. The second-order valence-electron chi connectivity index (χ2n) is 1.86. The molecule has 0 heterocycles. The maximum atomic E-state index is 3.63. The molecule has 0 nitrogen and oxygen atoms in total. The summed E-state index contributed by atoms with van der Waals surface area (Å²) in [4.78, 5) is 0. The van der Waals surface area contributed by atoms with Crippen LogP contribution in [-0.2, 0) is 0 Å². The van der Waals surface area contributed by atoms with Crippen LogP contribution >= 0.6 is 0 Å². The second-order valence-corrected chi connectivity index (χ2v) is 1.86. The zero-order chi connectivity index (χ0) is 8.53. The van der Waals surface area contributed by atoms with Gasteiger partial charge in [-0.05, 0) is 12.5 Å². The molecule has 0 unspecified atom stereocenters. The molecule has 0 saturated heterocycles. The molecule has 0 aliphatic carbocycles. The molecule has 11 heavy (non-hydrogen) atoms. The van der Waals surface area contributed by atoms with E-state index < -0.39 is 0 Å². The van der Waals surface area contributed by atoms with E-state index in [4.69, 9.17) is 0 Å². The van der Waals surface area contributed by atoms with Gasteiger partial charge in [0.15, 0.2) is 0 Å². The predicted octanol–water partition coefficient (Wildman–Crippen LogP) is 2.86. The fourth-order valence-electron chi connectivity index (χ4n) is 0.530. The molecule has 0 rings (SSSR count). The molecule has 0 fully saturated rings. The molecule has 0 aromatic carbocycles. The molecule has 56 valence electrons. The Hall–Kier alpha value is -1.48. The SMILES string of the molecule is C=CC#C/C(C=C)=C\CC=C. The zero-order valence-electron chi connectivity index (χ0n) is 6.64. The molecule has 0 amide bonds. The van der Waals surface area contributed by atoms with Crippen LogP contribution < -0.4 is 0 Å². The van der Waals surface area contributed by atoms with Crippen LogP contribution in [0.25, 0.3) is 0 Å². The van der Waals surface area contributed by atoms with Crippen LogP contribution in [0.2, 0.25) is 0 Å². The smallest absolute Gasteiger partial charge is 0.0206 e. The van der Waals surface area contributed by atoms with E-state index in [2.05, 4.69) is 31.6 Å². The molecule has 0 aliphatic heterocycles. The van der Waals surface area contributed by atoms with Gasteiger partial charge in [0.1, 0.15) is 0 Å². The Morgan fingerprint density at radius 2 is 2.00 bits per heavy atom. The highest BCUT2D eigenvalue weighted by atomic mass is 13.8. The Morgan fingerprint density at radius 3 is 2.45 bits per heavy atom. The zero-order valence-corrected chi connectivity index (χ0v) is 6.64. The summed E-state index contributed by atoms with van der Waals surface area (Å²) in [7, 11) is 0. The predicted molar refractivity (Wildman–Crippen MR) is 51.1 cm³/mol. The molecule has 0 aromatic heterocycles. The third-order valence-electron chi connectivity index (χ3n) is 1.04. The number of rotatable bonds is 3. The summed E-state index contributed by atoms with van der Waals surface area (Å²) in [6, 6.07) is 0. The average Bonchev–Trinajstić information content (AvgIpc) is 2.05. The van der Waals surface area contributed by atoms with Crippen molar-refractivity contribution in [3.63, 3.8) is 0 Å². The number of allylic oxidation sites excluding steroid dienone is 5. The van der Waals surface area contributed by atoms with Crippen molar-refractivity contribution < 1.29 is 0 Å². The maximum absolute atomic E-state index is 3.63. The van der Waals surface area contributed by atoms with E-state index in [1.807, 2.05) is 12.2 Å². The van der Waals surface area contributed by atoms with Gasteiger partial charge in [0.05, 0.1) is 0 Å². The highest BCUT2D eigenvalue weighted by Gasteiger charge is 1.79. The van der Waals surface area contributed by atoms with Crippen molar-refractivity contribution in [2.24, 2.45) is 0 Å². The lowest BCUT2D eigenvalue weighted by Crippen LogP contribution is -1.69. The minimum Gasteiger partial charge on any atom is -0.103 e. The monoisotopic (exact) mass is 144 g/mol. The Balaban J connectivity index is 4.25. The number of hydrogen-bond donors (Lipinski definition) is 0. The minimum absolute atomic E-state index is 0.827. The lowest BCUT2D eigenvalue weighted by molar-refractivity contribution is 1.39. The first-order valence-corrected chi connectivity index (χ1v) is 3.41. The van der Waals surface area contributed by atoms with Crippen molar-refractivity contribution in [2.45, 2.75) is 6.42 Å². The van der Waals surface area contributed by atoms with Crippen LogP contribution in [0.1, 0.15) is 6.42 Å². The average molecular weight is 144 g/mol. The van der Waals surface area contributed by atoms with Crippen molar-refractivity contribution >= 4 is 0 Å². The molecule has 0 saturated carbocycles. The highest BCUT2D eigenvalue weighted by Crippen LogP contribution is 1.95. The maximum Gasteiger partial charge on any atom is 0.0206 e. The summed E-state index contributed by atoms with van der Waals surface area (Å²) in [5.41, 5.74) is 0.921. The van der Waals surface area contributed by atoms with E-state index in [1.54, 1.807) is 12.2 Å². The number of hydrogen-bond acceptors (Lipinski definition) is 0. The molecule has 0 aliphatic rings. The largest absolute Gasteiger partial charge is 0.103 e. The molecular formula is C11H12. The van der Waals surface area contributed by atoms with Gasteiger partial charge >= 0.3 is 0 Å². The second kappa shape index (κ2) is 6.64. The van der Waals surface area contributed by atoms with Gasteiger partial charge in [-0.1, -0.05) is 43.2 Å². The van der Waals surface area contributed by atoms with Crippen molar-refractivity contribution in [3.05, 3.63) is 49.6 Å². The van der Waals surface area contributed by atoms with Gasteiger partial charge in [-0.15, -0.1) is 6.58 Å². The van der Waals surface area contributed by atoms with Gasteiger partial charge in [-0.2, -0.15) is 0 Å². The molecule has 0 heteroatoms. The first-order valence-electron chi connectivity index (χ1n) is 3.41. The molecule has 0 radical (unpaired) electrons. The summed E-state index contributed by atoms with van der Waals surface area (Å²) in [6.07, 6.45) is 7.90. The van der Waals surface area contributed by atoms with Gasteiger partial charge < -0.3 is 0 Å². The lowest BCUT2D eigenvalue weighted by Gasteiger charge is -1.85. The molecule has 0 aromatic rings. The molecule has 0 atom stereocenters. The fraction of sp³-hybridized carbons (Fsp3) is 0.0909. The summed E-state index contributed by atoms with van der Waals surface area (Å²) < 4.78 is 0. The Bertz CT molecular complexity index is 230. The van der Waals surface area contributed by atoms with E-state index >= 15 is 0 Å². The van der Waals surface area contributed by atoms with Gasteiger partial charge in [-0.3, -0.25) is 0 Å². The summed E-state index contributed by atoms with van der Waals surface area (Å²) in [5.74, 6) is 5.63. The third kappa shape index (κ3) is 4.99. The van der Waals surface area contributed by atoms with Crippen LogP contribution in [-0.4, -0.2) is 0 Å². The van der Waals surface area contributed by atoms with E-state index in [-0.39, 0.29) is 0 Å². The van der Waals surface area contributed by atoms with Crippen LogP contribution in [0, 0.1) is 11.8 Å². The van der Waals surface area contributed by atoms with Gasteiger partial charge in [0.25, 0.3) is 0 Å². The van der Waals surface area contributed by atoms with Crippen LogP contribution in [0.4, 0.5) is 0 Å². The normalized spacial score (nSPS) is 9.27. The van der Waals surface area contributed by atoms with Crippen LogP contribution in [0.15, 0.2) is 49.6 Å². The van der Waals surface area contributed by atoms with Crippen molar-refractivity contribution in [1.82, 2.24) is 0 Å². The first kappa shape index (κ1) is 9.52. The summed E-state index contributed by atoms with van der Waals surface area (Å²) in [5, 5.41) is 0. The van der Waals surface area contributed by atoms with E-state index in [9.17, 15) is 0 Å². The standard InChI is InChI=1S/C11H12/c1-4-7-9-11(6-3)10-8-5-2/h4-6,9H,1-3,7H2/b11-9-. The lowest BCUT2D eigenvalue weighted by atomic mass is 10.2. The van der Waals surface area contributed by atoms with Crippen molar-refractivity contribution in [1.29, 1.82) is 0 Å². The van der Waals surface area contributed by atoms with E-state index in [0.717, 1.165) is 12.0 Å². The first-order chi connectivity index (χ1) is 5.35.